The molecule has 0 atom stereocenters. The van der Waals surface area contributed by atoms with Gasteiger partial charge in [-0.25, -0.2) is 9.97 Å². The maximum atomic E-state index is 5.15. The average Bonchev–Trinajstić information content (AvgIpc) is 3.55. The SMILES string of the molecule is C1=Cc2c(c3ccccc3n2-c2ccc(-c3cc(-c4cccc(-c5ccc6ccc7cccnc7c6n5)c4)cc(-c4ccccn4)n3)cc2)CN1. The van der Waals surface area contributed by atoms with Crippen molar-refractivity contribution in [3.8, 4) is 50.7 Å². The van der Waals surface area contributed by atoms with Crippen molar-refractivity contribution in [2.24, 2.45) is 0 Å². The Morgan fingerprint density at radius 3 is 2.22 bits per heavy atom. The number of hydrogen-bond acceptors (Lipinski definition) is 5. The second kappa shape index (κ2) is 11.9. The van der Waals surface area contributed by atoms with E-state index in [1.807, 2.05) is 42.9 Å². The molecular weight excluding hydrogens is 625 g/mol. The molecule has 0 saturated heterocycles. The molecule has 9 aromatic rings. The van der Waals surface area contributed by atoms with E-state index in [-0.39, 0.29) is 0 Å². The number of benzene rings is 4. The zero-order valence-electron chi connectivity index (χ0n) is 27.5. The van der Waals surface area contributed by atoms with Crippen LogP contribution in [0.25, 0.3) is 89.5 Å². The molecule has 51 heavy (non-hydrogen) atoms. The highest BCUT2D eigenvalue weighted by atomic mass is 15.0. The zero-order valence-corrected chi connectivity index (χ0v) is 27.5. The van der Waals surface area contributed by atoms with Gasteiger partial charge in [0.2, 0.25) is 0 Å². The summed E-state index contributed by atoms with van der Waals surface area (Å²) >= 11 is 0. The van der Waals surface area contributed by atoms with E-state index in [1.165, 1.54) is 22.2 Å². The molecule has 0 aliphatic carbocycles. The highest BCUT2D eigenvalue weighted by molar-refractivity contribution is 6.03. The third-order valence-corrected chi connectivity index (χ3v) is 9.76. The topological polar surface area (TPSA) is 68.5 Å². The van der Waals surface area contributed by atoms with E-state index in [0.29, 0.717) is 0 Å². The van der Waals surface area contributed by atoms with Gasteiger partial charge in [-0.05, 0) is 84.1 Å². The lowest BCUT2D eigenvalue weighted by atomic mass is 9.98. The summed E-state index contributed by atoms with van der Waals surface area (Å²) in [5, 5.41) is 6.81. The van der Waals surface area contributed by atoms with Gasteiger partial charge in [-0.3, -0.25) is 9.97 Å². The molecule has 6 heterocycles. The molecule has 0 saturated carbocycles. The Morgan fingerprint density at radius 2 is 1.31 bits per heavy atom. The van der Waals surface area contributed by atoms with E-state index in [4.69, 9.17) is 9.97 Å². The monoisotopic (exact) mass is 654 g/mol. The van der Waals surface area contributed by atoms with Crippen LogP contribution in [-0.4, -0.2) is 24.5 Å². The Bertz CT molecular complexity index is 2800. The van der Waals surface area contributed by atoms with Crippen LogP contribution < -0.4 is 5.32 Å². The van der Waals surface area contributed by atoms with E-state index in [0.717, 1.165) is 79.1 Å². The van der Waals surface area contributed by atoms with Crippen LogP contribution in [-0.2, 0) is 6.54 Å². The molecule has 1 aliphatic rings. The van der Waals surface area contributed by atoms with E-state index in [2.05, 4.69) is 141 Å². The van der Waals surface area contributed by atoms with Gasteiger partial charge in [0.1, 0.15) is 0 Å². The van der Waals surface area contributed by atoms with Crippen LogP contribution in [0.4, 0.5) is 0 Å². The van der Waals surface area contributed by atoms with Crippen LogP contribution in [0.2, 0.25) is 0 Å². The first kappa shape index (κ1) is 29.0. The summed E-state index contributed by atoms with van der Waals surface area (Å²) in [6, 6.07) is 48.6. The maximum absolute atomic E-state index is 5.15. The maximum Gasteiger partial charge on any atom is 0.0972 e. The first-order valence-electron chi connectivity index (χ1n) is 17.1. The molecule has 0 unspecified atom stereocenters. The number of rotatable bonds is 5. The fourth-order valence-electron chi connectivity index (χ4n) is 7.28. The molecule has 10 rings (SSSR count). The second-order valence-corrected chi connectivity index (χ2v) is 12.8. The number of aromatic nitrogens is 5. The smallest absolute Gasteiger partial charge is 0.0972 e. The van der Waals surface area contributed by atoms with Gasteiger partial charge >= 0.3 is 0 Å². The molecule has 1 aliphatic heterocycles. The van der Waals surface area contributed by atoms with Crippen molar-refractivity contribution in [3.63, 3.8) is 0 Å². The molecule has 0 amide bonds. The molecule has 1 N–H and O–H groups in total. The van der Waals surface area contributed by atoms with Crippen LogP contribution in [0.3, 0.4) is 0 Å². The number of para-hydroxylation sites is 1. The van der Waals surface area contributed by atoms with Crippen molar-refractivity contribution in [2.75, 3.05) is 0 Å². The lowest BCUT2D eigenvalue weighted by Gasteiger charge is -2.14. The molecule has 6 nitrogen and oxygen atoms in total. The molecule has 5 aromatic heterocycles. The molecule has 6 heteroatoms. The second-order valence-electron chi connectivity index (χ2n) is 12.8. The summed E-state index contributed by atoms with van der Waals surface area (Å²) in [5.74, 6) is 0. The zero-order chi connectivity index (χ0) is 33.7. The summed E-state index contributed by atoms with van der Waals surface area (Å²) in [6.45, 7) is 0.816. The predicted octanol–water partition coefficient (Wildman–Crippen LogP) is 10.3. The van der Waals surface area contributed by atoms with Crippen molar-refractivity contribution in [1.82, 2.24) is 29.8 Å². The minimum Gasteiger partial charge on any atom is -0.387 e. The molecule has 0 bridgehead atoms. The third kappa shape index (κ3) is 5.04. The highest BCUT2D eigenvalue weighted by Gasteiger charge is 2.18. The van der Waals surface area contributed by atoms with Gasteiger partial charge in [-0.2, -0.15) is 0 Å². The Balaban J connectivity index is 1.07. The Labute approximate surface area is 294 Å². The van der Waals surface area contributed by atoms with Crippen LogP contribution >= 0.6 is 0 Å². The van der Waals surface area contributed by atoms with Crippen LogP contribution in [0.5, 0.6) is 0 Å². The fraction of sp³-hybridized carbons (Fsp3) is 0.0222. The Kier molecular flexibility index (Phi) is 6.77. The van der Waals surface area contributed by atoms with Crippen molar-refractivity contribution in [1.29, 1.82) is 0 Å². The normalized spacial score (nSPS) is 12.3. The summed E-state index contributed by atoms with van der Waals surface area (Å²) in [4.78, 5) is 19.6. The molecule has 0 radical (unpaired) electrons. The molecular formula is C45H30N6. The van der Waals surface area contributed by atoms with E-state index >= 15 is 0 Å². The number of nitrogens with zero attached hydrogens (tertiary/aromatic N) is 5. The predicted molar refractivity (Wildman–Crippen MR) is 207 cm³/mol. The van der Waals surface area contributed by atoms with Crippen molar-refractivity contribution >= 4 is 38.8 Å². The number of fused-ring (bicyclic) bond motifs is 6. The lowest BCUT2D eigenvalue weighted by molar-refractivity contribution is 0.855. The number of nitrogens with one attached hydrogen (secondary N) is 1. The Morgan fingerprint density at radius 1 is 0.510 bits per heavy atom. The standard InChI is InChI=1S/C45H30N6/c1-2-12-42-36(10-1)37-28-46-24-21-43(37)51(42)35-18-15-29(16-19-35)40-26-34(27-41(49-40)39-11-3-4-22-47-39)32-7-5-8-33(25-32)38-20-17-31-14-13-30-9-6-23-48-44(30)45(31)50-38/h1-27,46H,28H2. The summed E-state index contributed by atoms with van der Waals surface area (Å²) in [5.41, 5.74) is 14.3. The number of pyridine rings is 4. The van der Waals surface area contributed by atoms with Gasteiger partial charge in [0.05, 0.1) is 45.0 Å². The quantitative estimate of drug-likeness (QED) is 0.187. The molecule has 4 aromatic carbocycles. The summed E-state index contributed by atoms with van der Waals surface area (Å²) in [6.07, 6.45) is 7.84. The van der Waals surface area contributed by atoms with Gasteiger partial charge in [-0.15, -0.1) is 0 Å². The summed E-state index contributed by atoms with van der Waals surface area (Å²) in [7, 11) is 0. The fourth-order valence-corrected chi connectivity index (χ4v) is 7.28. The van der Waals surface area contributed by atoms with Crippen LogP contribution in [0, 0.1) is 0 Å². The van der Waals surface area contributed by atoms with Gasteiger partial charge < -0.3 is 9.88 Å². The van der Waals surface area contributed by atoms with Crippen LogP contribution in [0.15, 0.2) is 158 Å². The van der Waals surface area contributed by atoms with Crippen molar-refractivity contribution < 1.29 is 0 Å². The van der Waals surface area contributed by atoms with Gasteiger partial charge in [0.15, 0.2) is 0 Å². The Hall–Kier alpha value is -6.92. The van der Waals surface area contributed by atoms with E-state index < -0.39 is 0 Å². The van der Waals surface area contributed by atoms with Crippen molar-refractivity contribution in [2.45, 2.75) is 6.54 Å². The minimum absolute atomic E-state index is 0.816. The largest absolute Gasteiger partial charge is 0.387 e. The lowest BCUT2D eigenvalue weighted by Crippen LogP contribution is -2.10. The third-order valence-electron chi connectivity index (χ3n) is 9.76. The van der Waals surface area contributed by atoms with E-state index in [9.17, 15) is 0 Å². The highest BCUT2D eigenvalue weighted by Crippen LogP contribution is 2.35. The van der Waals surface area contributed by atoms with E-state index in [1.54, 1.807) is 0 Å². The first-order valence-corrected chi connectivity index (χ1v) is 17.1. The van der Waals surface area contributed by atoms with Gasteiger partial charge in [0.25, 0.3) is 0 Å². The van der Waals surface area contributed by atoms with Gasteiger partial charge in [0, 0.05) is 57.5 Å². The van der Waals surface area contributed by atoms with Gasteiger partial charge in [-0.1, -0.05) is 78.9 Å². The summed E-state index contributed by atoms with van der Waals surface area (Å²) < 4.78 is 2.35. The van der Waals surface area contributed by atoms with Crippen molar-refractivity contribution in [3.05, 3.63) is 169 Å². The molecule has 0 fully saturated rings. The number of hydrogen-bond donors (Lipinski definition) is 1. The minimum atomic E-state index is 0.816. The average molecular weight is 655 g/mol. The van der Waals surface area contributed by atoms with Crippen LogP contribution in [0.1, 0.15) is 11.3 Å². The first-order chi connectivity index (χ1) is 25.3. The molecule has 240 valence electrons. The molecule has 0 spiro atoms.